The summed E-state index contributed by atoms with van der Waals surface area (Å²) in [6, 6.07) is 8.90. The van der Waals surface area contributed by atoms with Gasteiger partial charge in [-0.25, -0.2) is 0 Å². The molecule has 0 saturated heterocycles. The predicted molar refractivity (Wildman–Crippen MR) is 70.9 cm³/mol. The second-order valence-corrected chi connectivity index (χ2v) is 5.41. The Hall–Kier alpha value is -0.860. The predicted octanol–water partition coefficient (Wildman–Crippen LogP) is 2.42. The van der Waals surface area contributed by atoms with Gasteiger partial charge in [-0.15, -0.1) is 0 Å². The van der Waals surface area contributed by atoms with E-state index in [0.29, 0.717) is 0 Å². The van der Waals surface area contributed by atoms with Crippen molar-refractivity contribution in [2.75, 3.05) is 0 Å². The Balaban J connectivity index is 1.99. The maximum absolute atomic E-state index is 10.5. The molecular weight excluding hydrogens is 210 g/mol. The van der Waals surface area contributed by atoms with Crippen LogP contribution in [-0.4, -0.2) is 16.7 Å². The van der Waals surface area contributed by atoms with Crippen LogP contribution < -0.4 is 5.73 Å². The quantitative estimate of drug-likeness (QED) is 0.842. The zero-order valence-electron chi connectivity index (χ0n) is 10.7. The molecule has 0 spiro atoms. The van der Waals surface area contributed by atoms with E-state index in [1.54, 1.807) is 0 Å². The third-order valence-corrected chi connectivity index (χ3v) is 3.93. The monoisotopic (exact) mass is 233 g/mol. The Morgan fingerprint density at radius 1 is 1.18 bits per heavy atom. The number of nitrogens with two attached hydrogens (primary N) is 1. The lowest BCUT2D eigenvalue weighted by Gasteiger charge is -2.35. The van der Waals surface area contributed by atoms with Crippen LogP contribution in [0.2, 0.25) is 0 Å². The molecule has 2 rings (SSSR count). The van der Waals surface area contributed by atoms with Gasteiger partial charge in [-0.1, -0.05) is 31.2 Å². The van der Waals surface area contributed by atoms with E-state index in [2.05, 4.69) is 31.2 Å². The molecule has 3 N–H and O–H groups in total. The molecule has 1 aliphatic carbocycles. The summed E-state index contributed by atoms with van der Waals surface area (Å²) in [6.45, 7) is 2.16. The minimum Gasteiger partial charge on any atom is -0.390 e. The van der Waals surface area contributed by atoms with Gasteiger partial charge < -0.3 is 10.8 Å². The summed E-state index contributed by atoms with van der Waals surface area (Å²) < 4.78 is 0. The molecule has 1 saturated carbocycles. The van der Waals surface area contributed by atoms with Gasteiger partial charge in [0.1, 0.15) is 0 Å². The molecule has 0 aliphatic heterocycles. The number of benzene rings is 1. The highest BCUT2D eigenvalue weighted by Crippen LogP contribution is 2.30. The number of aryl methyl sites for hydroxylation is 1. The van der Waals surface area contributed by atoms with Crippen LogP contribution in [0.15, 0.2) is 24.3 Å². The summed E-state index contributed by atoms with van der Waals surface area (Å²) in [6.07, 6.45) is 5.41. The van der Waals surface area contributed by atoms with Crippen LogP contribution in [0.3, 0.4) is 0 Å². The highest BCUT2D eigenvalue weighted by atomic mass is 16.3. The molecule has 0 heterocycles. The van der Waals surface area contributed by atoms with Crippen LogP contribution in [0, 0.1) is 0 Å². The molecular formula is C15H23NO. The molecule has 2 nitrogen and oxygen atoms in total. The molecule has 94 valence electrons. The van der Waals surface area contributed by atoms with Gasteiger partial charge in [0.15, 0.2) is 0 Å². The van der Waals surface area contributed by atoms with Crippen molar-refractivity contribution in [3.05, 3.63) is 35.4 Å². The number of rotatable bonds is 3. The molecule has 0 radical (unpaired) electrons. The third-order valence-electron chi connectivity index (χ3n) is 3.93. The van der Waals surface area contributed by atoms with E-state index >= 15 is 0 Å². The summed E-state index contributed by atoms with van der Waals surface area (Å²) in [4.78, 5) is 0. The lowest BCUT2D eigenvalue weighted by molar-refractivity contribution is 0.000213. The topological polar surface area (TPSA) is 46.2 Å². The third kappa shape index (κ3) is 3.30. The zero-order chi connectivity index (χ0) is 12.3. The van der Waals surface area contributed by atoms with Crippen LogP contribution in [0.5, 0.6) is 0 Å². The van der Waals surface area contributed by atoms with Gasteiger partial charge in [0.2, 0.25) is 0 Å². The van der Waals surface area contributed by atoms with E-state index in [9.17, 15) is 5.11 Å². The van der Waals surface area contributed by atoms with Crippen molar-refractivity contribution in [2.24, 2.45) is 5.73 Å². The fourth-order valence-corrected chi connectivity index (χ4v) is 2.63. The fraction of sp³-hybridized carbons (Fsp3) is 0.600. The molecule has 0 atom stereocenters. The van der Waals surface area contributed by atoms with E-state index in [1.807, 2.05) is 0 Å². The zero-order valence-corrected chi connectivity index (χ0v) is 10.7. The molecule has 1 fully saturated rings. The van der Waals surface area contributed by atoms with Crippen molar-refractivity contribution < 1.29 is 5.11 Å². The first kappa shape index (κ1) is 12.6. The Kier molecular flexibility index (Phi) is 3.85. The SMILES string of the molecule is CCc1ccc(CC2(O)CCC(N)CC2)cc1. The van der Waals surface area contributed by atoms with E-state index in [0.717, 1.165) is 38.5 Å². The van der Waals surface area contributed by atoms with Crippen molar-refractivity contribution in [3.8, 4) is 0 Å². The van der Waals surface area contributed by atoms with Gasteiger partial charge in [-0.3, -0.25) is 0 Å². The number of hydrogen-bond acceptors (Lipinski definition) is 2. The van der Waals surface area contributed by atoms with Crippen molar-refractivity contribution >= 4 is 0 Å². The second-order valence-electron chi connectivity index (χ2n) is 5.41. The largest absolute Gasteiger partial charge is 0.390 e. The van der Waals surface area contributed by atoms with Crippen molar-refractivity contribution in [3.63, 3.8) is 0 Å². The molecule has 1 aliphatic rings. The van der Waals surface area contributed by atoms with Gasteiger partial charge >= 0.3 is 0 Å². The molecule has 1 aromatic rings. The first-order valence-electron chi connectivity index (χ1n) is 6.67. The summed E-state index contributed by atoms with van der Waals surface area (Å²) in [5, 5.41) is 10.5. The van der Waals surface area contributed by atoms with Crippen LogP contribution >= 0.6 is 0 Å². The maximum Gasteiger partial charge on any atom is 0.0689 e. The number of hydrogen-bond donors (Lipinski definition) is 2. The standard InChI is InChI=1S/C15H23NO/c1-2-12-3-5-13(6-4-12)11-15(17)9-7-14(16)8-10-15/h3-6,14,17H,2,7-11,16H2,1H3. The molecule has 0 bridgehead atoms. The average Bonchev–Trinajstić information content (AvgIpc) is 2.34. The first-order valence-corrected chi connectivity index (χ1v) is 6.67. The highest BCUT2D eigenvalue weighted by molar-refractivity contribution is 5.24. The minimum atomic E-state index is -0.524. The Labute approximate surface area is 104 Å². The van der Waals surface area contributed by atoms with Crippen LogP contribution in [0.4, 0.5) is 0 Å². The van der Waals surface area contributed by atoms with Crippen molar-refractivity contribution in [2.45, 2.75) is 57.1 Å². The summed E-state index contributed by atoms with van der Waals surface area (Å²) in [7, 11) is 0. The first-order chi connectivity index (χ1) is 8.11. The smallest absolute Gasteiger partial charge is 0.0689 e. The van der Waals surface area contributed by atoms with E-state index in [1.165, 1.54) is 11.1 Å². The summed E-state index contributed by atoms with van der Waals surface area (Å²) >= 11 is 0. The lowest BCUT2D eigenvalue weighted by atomic mass is 9.79. The van der Waals surface area contributed by atoms with Gasteiger partial charge in [-0.2, -0.15) is 0 Å². The number of aliphatic hydroxyl groups is 1. The maximum atomic E-state index is 10.5. The van der Waals surface area contributed by atoms with E-state index < -0.39 is 5.60 Å². The highest BCUT2D eigenvalue weighted by Gasteiger charge is 2.31. The summed E-state index contributed by atoms with van der Waals surface area (Å²) in [5.74, 6) is 0. The Morgan fingerprint density at radius 3 is 2.24 bits per heavy atom. The molecule has 2 heteroatoms. The Morgan fingerprint density at radius 2 is 1.71 bits per heavy atom. The second kappa shape index (κ2) is 5.19. The van der Waals surface area contributed by atoms with Gasteiger partial charge in [-0.05, 0) is 43.2 Å². The summed E-state index contributed by atoms with van der Waals surface area (Å²) in [5.41, 5.74) is 7.94. The molecule has 17 heavy (non-hydrogen) atoms. The fourth-order valence-electron chi connectivity index (χ4n) is 2.63. The average molecular weight is 233 g/mol. The molecule has 0 amide bonds. The van der Waals surface area contributed by atoms with Crippen molar-refractivity contribution in [1.29, 1.82) is 0 Å². The van der Waals surface area contributed by atoms with Crippen LogP contribution in [-0.2, 0) is 12.8 Å². The normalized spacial score (nSPS) is 29.2. The van der Waals surface area contributed by atoms with Crippen LogP contribution in [0.1, 0.15) is 43.7 Å². The van der Waals surface area contributed by atoms with Gasteiger partial charge in [0.05, 0.1) is 5.60 Å². The van der Waals surface area contributed by atoms with Gasteiger partial charge in [0.25, 0.3) is 0 Å². The van der Waals surface area contributed by atoms with E-state index in [4.69, 9.17) is 5.73 Å². The minimum absolute atomic E-state index is 0.290. The molecule has 0 aromatic heterocycles. The van der Waals surface area contributed by atoms with Crippen LogP contribution in [0.25, 0.3) is 0 Å². The Bertz CT molecular complexity index is 350. The van der Waals surface area contributed by atoms with Gasteiger partial charge in [0, 0.05) is 12.5 Å². The lowest BCUT2D eigenvalue weighted by Crippen LogP contribution is -2.40. The van der Waals surface area contributed by atoms with E-state index in [-0.39, 0.29) is 6.04 Å². The molecule has 1 aromatic carbocycles. The molecule has 0 unspecified atom stereocenters. The van der Waals surface area contributed by atoms with Crippen molar-refractivity contribution in [1.82, 2.24) is 0 Å².